The van der Waals surface area contributed by atoms with E-state index in [0.717, 1.165) is 6.42 Å². The van der Waals surface area contributed by atoms with Crippen molar-refractivity contribution in [3.8, 4) is 0 Å². The summed E-state index contributed by atoms with van der Waals surface area (Å²) in [6.07, 6.45) is 1.00. The first-order valence-electron chi connectivity index (χ1n) is 1.21. The van der Waals surface area contributed by atoms with E-state index in [2.05, 4.69) is 6.92 Å². The van der Waals surface area contributed by atoms with Crippen LogP contribution in [0.2, 0.25) is 0 Å². The van der Waals surface area contributed by atoms with Gasteiger partial charge in [-0.15, -0.1) is 0 Å². The van der Waals surface area contributed by atoms with Gasteiger partial charge in [0, 0.05) is 0 Å². The van der Waals surface area contributed by atoms with Crippen LogP contribution in [0.15, 0.2) is 0 Å². The van der Waals surface area contributed by atoms with E-state index >= 15 is 0 Å². The maximum atomic E-state index is 3.49. The van der Waals surface area contributed by atoms with Gasteiger partial charge in [0.05, 0.1) is 0 Å². The van der Waals surface area contributed by atoms with Gasteiger partial charge >= 0.3 is 32.7 Å². The molecule has 0 spiro atoms. The molecule has 0 heterocycles. The Kier molecular flexibility index (Phi) is 64.1. The van der Waals surface area contributed by atoms with Crippen LogP contribution < -0.4 is 0 Å². The molecule has 0 rings (SSSR count). The SMILES string of the molecule is [CH2-]CC.[CH3-].[Y+3]. The fraction of sp³-hybridized carbons (Fsp3) is 0.500. The molecular weight excluding hydrogens is 137 g/mol. The molecule has 0 amide bonds. The minimum absolute atomic E-state index is 0. The van der Waals surface area contributed by atoms with Crippen molar-refractivity contribution in [1.29, 1.82) is 0 Å². The van der Waals surface area contributed by atoms with Crippen molar-refractivity contribution in [3.05, 3.63) is 14.4 Å². The summed E-state index contributed by atoms with van der Waals surface area (Å²) in [5.74, 6) is 0. The standard InChI is InChI=1S/C3H7.CH3.Y/c1-3-2;;/h1,3H2,2H3;1H3;/q2*-1;+3. The number of rotatable bonds is 0. The molecule has 0 unspecified atom stereocenters. The number of hydrogen-bond donors (Lipinski definition) is 0. The van der Waals surface area contributed by atoms with E-state index in [1.54, 1.807) is 0 Å². The molecule has 0 aromatic rings. The van der Waals surface area contributed by atoms with Crippen molar-refractivity contribution in [2.75, 3.05) is 0 Å². The van der Waals surface area contributed by atoms with E-state index in [9.17, 15) is 0 Å². The van der Waals surface area contributed by atoms with Crippen LogP contribution in [0.25, 0.3) is 0 Å². The van der Waals surface area contributed by atoms with E-state index in [-0.39, 0.29) is 40.1 Å². The first-order chi connectivity index (χ1) is 1.41. The average molecular weight is 147 g/mol. The smallest absolute Gasteiger partial charge is 0.358 e. The summed E-state index contributed by atoms with van der Waals surface area (Å²) >= 11 is 0. The second-order valence-electron chi connectivity index (χ2n) is 0.500. The van der Waals surface area contributed by atoms with Gasteiger partial charge in [-0.3, -0.25) is 0 Å². The fourth-order valence-corrected chi connectivity index (χ4v) is 0. The van der Waals surface area contributed by atoms with Crippen molar-refractivity contribution in [2.24, 2.45) is 0 Å². The Hall–Kier alpha value is 1.10. The molecule has 0 N–H and O–H groups in total. The Bertz CT molecular complexity index is 3.61. The molecule has 0 radical (unpaired) electrons. The molecule has 0 atom stereocenters. The Morgan fingerprint density at radius 3 is 1.60 bits per heavy atom. The van der Waals surface area contributed by atoms with Crippen molar-refractivity contribution in [1.82, 2.24) is 0 Å². The predicted molar refractivity (Wildman–Crippen MR) is 22.1 cm³/mol. The predicted octanol–water partition coefficient (Wildman–Crippen LogP) is 1.68. The Balaban J connectivity index is -0.0000000200. The zero-order chi connectivity index (χ0) is 2.71. The first kappa shape index (κ1) is 16.5. The maximum absolute atomic E-state index is 3.49. The molecule has 5 heavy (non-hydrogen) atoms. The second kappa shape index (κ2) is 19.4. The normalized spacial score (nSPS) is 3.60. The first-order valence-corrected chi connectivity index (χ1v) is 1.21. The molecule has 0 aromatic carbocycles. The van der Waals surface area contributed by atoms with Gasteiger partial charge < -0.3 is 14.4 Å². The minimum Gasteiger partial charge on any atom is -0.358 e. The van der Waals surface area contributed by atoms with Gasteiger partial charge in [0.1, 0.15) is 0 Å². The Morgan fingerprint density at radius 1 is 1.60 bits per heavy atom. The van der Waals surface area contributed by atoms with Gasteiger partial charge in [0.15, 0.2) is 0 Å². The molecule has 1 heteroatoms. The van der Waals surface area contributed by atoms with E-state index < -0.39 is 0 Å². The molecule has 0 aromatic heterocycles. The second-order valence-corrected chi connectivity index (χ2v) is 0.500. The monoisotopic (exact) mass is 147 g/mol. The third-order valence-electron chi connectivity index (χ3n) is 0. The zero-order valence-electron chi connectivity index (χ0n) is 3.99. The molecule has 0 aliphatic heterocycles. The van der Waals surface area contributed by atoms with E-state index in [0.29, 0.717) is 0 Å². The molecule has 0 nitrogen and oxygen atoms in total. The van der Waals surface area contributed by atoms with Crippen molar-refractivity contribution in [2.45, 2.75) is 13.3 Å². The molecule has 0 saturated heterocycles. The molecule has 0 fully saturated rings. The summed E-state index contributed by atoms with van der Waals surface area (Å²) in [7, 11) is 0. The van der Waals surface area contributed by atoms with Crippen molar-refractivity contribution >= 4 is 0 Å². The summed E-state index contributed by atoms with van der Waals surface area (Å²) in [4.78, 5) is 0. The third-order valence-corrected chi connectivity index (χ3v) is 0. The zero-order valence-corrected chi connectivity index (χ0v) is 6.83. The van der Waals surface area contributed by atoms with Gasteiger partial charge in [-0.25, -0.2) is 0 Å². The van der Waals surface area contributed by atoms with Gasteiger partial charge in [0.25, 0.3) is 0 Å². The van der Waals surface area contributed by atoms with Gasteiger partial charge in [-0.2, -0.15) is 6.42 Å². The summed E-state index contributed by atoms with van der Waals surface area (Å²) in [5.41, 5.74) is 0. The van der Waals surface area contributed by atoms with Crippen LogP contribution >= 0.6 is 0 Å². The van der Waals surface area contributed by atoms with Crippen LogP contribution in [0, 0.1) is 14.4 Å². The summed E-state index contributed by atoms with van der Waals surface area (Å²) < 4.78 is 0. The van der Waals surface area contributed by atoms with E-state index in [1.807, 2.05) is 6.92 Å². The van der Waals surface area contributed by atoms with Gasteiger partial charge in [0.2, 0.25) is 0 Å². The molecule has 0 aliphatic carbocycles. The van der Waals surface area contributed by atoms with Crippen LogP contribution in [0.1, 0.15) is 13.3 Å². The fourth-order valence-electron chi connectivity index (χ4n) is 0. The van der Waals surface area contributed by atoms with Crippen molar-refractivity contribution in [3.63, 3.8) is 0 Å². The van der Waals surface area contributed by atoms with Crippen LogP contribution in [-0.2, 0) is 32.7 Å². The summed E-state index contributed by atoms with van der Waals surface area (Å²) in [6.45, 7) is 5.50. The average Bonchev–Trinajstić information content (AvgIpc) is 0.918. The van der Waals surface area contributed by atoms with E-state index in [4.69, 9.17) is 0 Å². The Labute approximate surface area is 60.2 Å². The molecule has 28 valence electrons. The molecule has 0 aliphatic rings. The quantitative estimate of drug-likeness (QED) is 0.457. The molecular formula is C4H10Y+. The van der Waals surface area contributed by atoms with Crippen molar-refractivity contribution < 1.29 is 32.7 Å². The van der Waals surface area contributed by atoms with Crippen LogP contribution in [0.3, 0.4) is 0 Å². The third kappa shape index (κ3) is 40.4. The van der Waals surface area contributed by atoms with Crippen LogP contribution in [-0.4, -0.2) is 0 Å². The summed E-state index contributed by atoms with van der Waals surface area (Å²) in [6, 6.07) is 0. The van der Waals surface area contributed by atoms with E-state index in [1.165, 1.54) is 0 Å². The van der Waals surface area contributed by atoms with Gasteiger partial charge in [-0.1, -0.05) is 6.92 Å². The number of hydrogen-bond acceptors (Lipinski definition) is 0. The topological polar surface area (TPSA) is 0 Å². The van der Waals surface area contributed by atoms with Crippen LogP contribution in [0.5, 0.6) is 0 Å². The molecule has 0 bridgehead atoms. The molecule has 0 saturated carbocycles. The maximum Gasteiger partial charge on any atom is 3.00 e. The van der Waals surface area contributed by atoms with Gasteiger partial charge in [-0.05, 0) is 0 Å². The summed E-state index contributed by atoms with van der Waals surface area (Å²) in [5, 5.41) is 0. The Morgan fingerprint density at radius 2 is 1.60 bits per heavy atom. The van der Waals surface area contributed by atoms with Crippen LogP contribution in [0.4, 0.5) is 0 Å². The minimum atomic E-state index is 0. The largest absolute Gasteiger partial charge is 3.00 e.